The molecule has 5 heteroatoms. The highest BCUT2D eigenvalue weighted by atomic mass is 32.2. The van der Waals surface area contributed by atoms with Crippen LogP contribution in [0.5, 0.6) is 0 Å². The van der Waals surface area contributed by atoms with Gasteiger partial charge in [-0.3, -0.25) is 9.59 Å². The van der Waals surface area contributed by atoms with Gasteiger partial charge in [-0.1, -0.05) is 35.9 Å². The van der Waals surface area contributed by atoms with Crippen molar-refractivity contribution in [3.8, 4) is 0 Å². The van der Waals surface area contributed by atoms with Crippen molar-refractivity contribution < 1.29 is 9.59 Å². The van der Waals surface area contributed by atoms with E-state index in [1.807, 2.05) is 65.0 Å². The molecule has 0 heterocycles. The van der Waals surface area contributed by atoms with Crippen LogP contribution in [0.1, 0.15) is 29.2 Å². The van der Waals surface area contributed by atoms with Crippen LogP contribution in [-0.2, 0) is 9.59 Å². The first-order valence-electron chi connectivity index (χ1n) is 8.65. The van der Waals surface area contributed by atoms with Gasteiger partial charge in [0.2, 0.25) is 11.8 Å². The lowest BCUT2D eigenvalue weighted by molar-refractivity contribution is -0.123. The zero-order valence-electron chi connectivity index (χ0n) is 16.0. The first kappa shape index (κ1) is 20.0. The van der Waals surface area contributed by atoms with Gasteiger partial charge in [0.1, 0.15) is 0 Å². The van der Waals surface area contributed by atoms with E-state index in [0.717, 1.165) is 27.3 Å². The smallest absolute Gasteiger partial charge is 0.243 e. The number of carbonyl (C=O) groups excluding carboxylic acids is 2. The van der Waals surface area contributed by atoms with Gasteiger partial charge in [-0.05, 0) is 57.4 Å². The normalized spacial score (nSPS) is 11.7. The van der Waals surface area contributed by atoms with Crippen LogP contribution in [0.3, 0.4) is 0 Å². The molecular formula is C21H26N2O2S. The average Bonchev–Trinajstić information content (AvgIpc) is 2.58. The molecule has 1 atom stereocenters. The number of carbonyl (C=O) groups is 2. The standard InChI is InChI=1S/C21H26N2O2S/c1-13-9-10-18(16(4)11-13)26-17(5)21(25)22-12-19(24)23-20-14(2)7-6-8-15(20)3/h6-11,17H,12H2,1-5H3,(H,22,25)(H,23,24)/t17-/m0/s1. The fraction of sp³-hybridized carbons (Fsp3) is 0.333. The molecule has 2 aromatic carbocycles. The number of anilines is 1. The SMILES string of the molecule is Cc1ccc(S[C@@H](C)C(=O)NCC(=O)Nc2c(C)cccc2C)c(C)c1. The highest BCUT2D eigenvalue weighted by Gasteiger charge is 2.16. The average molecular weight is 371 g/mol. The molecule has 0 aromatic heterocycles. The molecule has 0 bridgehead atoms. The first-order valence-corrected chi connectivity index (χ1v) is 9.53. The van der Waals surface area contributed by atoms with Crippen LogP contribution in [-0.4, -0.2) is 23.6 Å². The molecule has 4 nitrogen and oxygen atoms in total. The summed E-state index contributed by atoms with van der Waals surface area (Å²) in [7, 11) is 0. The number of amides is 2. The van der Waals surface area contributed by atoms with Crippen molar-refractivity contribution in [1.29, 1.82) is 0 Å². The van der Waals surface area contributed by atoms with E-state index in [9.17, 15) is 9.59 Å². The minimum Gasteiger partial charge on any atom is -0.346 e. The molecule has 2 rings (SSSR count). The van der Waals surface area contributed by atoms with E-state index in [-0.39, 0.29) is 23.6 Å². The van der Waals surface area contributed by atoms with Gasteiger partial charge in [0.25, 0.3) is 0 Å². The predicted molar refractivity (Wildman–Crippen MR) is 109 cm³/mol. The van der Waals surface area contributed by atoms with Crippen molar-refractivity contribution in [1.82, 2.24) is 5.32 Å². The molecule has 0 radical (unpaired) electrons. The monoisotopic (exact) mass is 370 g/mol. The molecule has 26 heavy (non-hydrogen) atoms. The summed E-state index contributed by atoms with van der Waals surface area (Å²) in [5.41, 5.74) is 5.17. The van der Waals surface area contributed by atoms with Crippen molar-refractivity contribution in [2.24, 2.45) is 0 Å². The molecule has 2 N–H and O–H groups in total. The van der Waals surface area contributed by atoms with Gasteiger partial charge in [0, 0.05) is 10.6 Å². The highest BCUT2D eigenvalue weighted by Crippen LogP contribution is 2.27. The van der Waals surface area contributed by atoms with Crippen LogP contribution in [0, 0.1) is 27.7 Å². The second-order valence-electron chi connectivity index (χ2n) is 6.56. The van der Waals surface area contributed by atoms with E-state index < -0.39 is 0 Å². The van der Waals surface area contributed by atoms with Gasteiger partial charge in [0.15, 0.2) is 0 Å². The molecule has 2 aromatic rings. The van der Waals surface area contributed by atoms with Crippen LogP contribution in [0.2, 0.25) is 0 Å². The van der Waals surface area contributed by atoms with E-state index >= 15 is 0 Å². The molecule has 0 aliphatic carbocycles. The quantitative estimate of drug-likeness (QED) is 0.751. The van der Waals surface area contributed by atoms with Gasteiger partial charge < -0.3 is 10.6 Å². The maximum Gasteiger partial charge on any atom is 0.243 e. The number of benzene rings is 2. The molecule has 0 aliphatic heterocycles. The predicted octanol–water partition coefficient (Wildman–Crippen LogP) is 4.16. The molecule has 0 saturated heterocycles. The van der Waals surface area contributed by atoms with Gasteiger partial charge >= 0.3 is 0 Å². The summed E-state index contributed by atoms with van der Waals surface area (Å²) in [6.07, 6.45) is 0. The van der Waals surface area contributed by atoms with Crippen LogP contribution in [0.15, 0.2) is 41.3 Å². The lowest BCUT2D eigenvalue weighted by atomic mass is 10.1. The largest absolute Gasteiger partial charge is 0.346 e. The van der Waals surface area contributed by atoms with E-state index in [4.69, 9.17) is 0 Å². The lowest BCUT2D eigenvalue weighted by Crippen LogP contribution is -2.37. The Morgan fingerprint density at radius 3 is 2.27 bits per heavy atom. The number of para-hydroxylation sites is 1. The first-order chi connectivity index (χ1) is 12.3. The van der Waals surface area contributed by atoms with Crippen molar-refractivity contribution >= 4 is 29.3 Å². The van der Waals surface area contributed by atoms with E-state index in [1.54, 1.807) is 0 Å². The molecular weight excluding hydrogens is 344 g/mol. The summed E-state index contributed by atoms with van der Waals surface area (Å²) in [6, 6.07) is 12.0. The third-order valence-electron chi connectivity index (χ3n) is 4.17. The van der Waals surface area contributed by atoms with Gasteiger partial charge in [-0.25, -0.2) is 0 Å². The third kappa shape index (κ3) is 5.36. The Kier molecular flexibility index (Phi) is 6.86. The summed E-state index contributed by atoms with van der Waals surface area (Å²) in [5.74, 6) is -0.369. The topological polar surface area (TPSA) is 58.2 Å². The molecule has 0 aliphatic rings. The Morgan fingerprint density at radius 1 is 1.00 bits per heavy atom. The Balaban J connectivity index is 1.88. The van der Waals surface area contributed by atoms with Crippen molar-refractivity contribution in [2.75, 3.05) is 11.9 Å². The van der Waals surface area contributed by atoms with Crippen LogP contribution < -0.4 is 10.6 Å². The van der Waals surface area contributed by atoms with Crippen molar-refractivity contribution in [2.45, 2.75) is 44.8 Å². The minimum absolute atomic E-state index is 0.0373. The number of hydrogen-bond donors (Lipinski definition) is 2. The lowest BCUT2D eigenvalue weighted by Gasteiger charge is -2.15. The summed E-state index contributed by atoms with van der Waals surface area (Å²) in [4.78, 5) is 25.5. The Labute approximate surface area is 159 Å². The Bertz CT molecular complexity index is 797. The molecule has 0 spiro atoms. The van der Waals surface area contributed by atoms with Gasteiger partial charge in [-0.2, -0.15) is 0 Å². The summed E-state index contributed by atoms with van der Waals surface area (Å²) in [6.45, 7) is 9.80. The zero-order chi connectivity index (χ0) is 19.3. The van der Waals surface area contributed by atoms with E-state index in [1.165, 1.54) is 17.3 Å². The Hall–Kier alpha value is -2.27. The molecule has 0 saturated carbocycles. The second kappa shape index (κ2) is 8.90. The van der Waals surface area contributed by atoms with E-state index in [0.29, 0.717) is 0 Å². The molecule has 0 unspecified atom stereocenters. The molecule has 2 amide bonds. The van der Waals surface area contributed by atoms with Crippen molar-refractivity contribution in [3.63, 3.8) is 0 Å². The number of aryl methyl sites for hydroxylation is 4. The number of nitrogens with one attached hydrogen (secondary N) is 2. The third-order valence-corrected chi connectivity index (χ3v) is 5.45. The van der Waals surface area contributed by atoms with Crippen LogP contribution in [0.4, 0.5) is 5.69 Å². The second-order valence-corrected chi connectivity index (χ2v) is 7.94. The summed E-state index contributed by atoms with van der Waals surface area (Å²) >= 11 is 1.50. The fourth-order valence-electron chi connectivity index (χ4n) is 2.68. The van der Waals surface area contributed by atoms with Gasteiger partial charge in [0.05, 0.1) is 11.8 Å². The van der Waals surface area contributed by atoms with Gasteiger partial charge in [-0.15, -0.1) is 11.8 Å². The number of rotatable bonds is 6. The number of hydrogen-bond acceptors (Lipinski definition) is 3. The maximum absolute atomic E-state index is 12.3. The zero-order valence-corrected chi connectivity index (χ0v) is 16.8. The Morgan fingerprint density at radius 2 is 1.65 bits per heavy atom. The molecule has 138 valence electrons. The minimum atomic E-state index is -0.274. The maximum atomic E-state index is 12.3. The highest BCUT2D eigenvalue weighted by molar-refractivity contribution is 8.00. The van der Waals surface area contributed by atoms with Crippen LogP contribution >= 0.6 is 11.8 Å². The number of thioether (sulfide) groups is 1. The molecule has 0 fully saturated rings. The summed E-state index contributed by atoms with van der Waals surface area (Å²) in [5, 5.41) is 5.32. The fourth-order valence-corrected chi connectivity index (χ4v) is 3.64. The summed E-state index contributed by atoms with van der Waals surface area (Å²) < 4.78 is 0. The van der Waals surface area contributed by atoms with Crippen LogP contribution in [0.25, 0.3) is 0 Å². The van der Waals surface area contributed by atoms with E-state index in [2.05, 4.69) is 16.7 Å². The van der Waals surface area contributed by atoms with Crippen molar-refractivity contribution in [3.05, 3.63) is 58.7 Å².